The summed E-state index contributed by atoms with van der Waals surface area (Å²) in [4.78, 5) is 0. The minimum Gasteiger partial charge on any atom is -0.423 e. The van der Waals surface area contributed by atoms with Gasteiger partial charge in [0.25, 0.3) is 0 Å². The standard InChI is InChI=1S/C8H17BO3/c1-6-9(11)12-8(4,5)7(2,3)10/h6,10-11H,1H2,2-5H3. The molecule has 0 heterocycles. The molecule has 2 N–H and O–H groups in total. The highest BCUT2D eigenvalue weighted by molar-refractivity contribution is 6.49. The molecule has 0 bridgehead atoms. The maximum absolute atomic E-state index is 9.62. The molecule has 0 aliphatic heterocycles. The van der Waals surface area contributed by atoms with Crippen molar-refractivity contribution >= 4 is 7.12 Å². The molecule has 0 aliphatic rings. The summed E-state index contributed by atoms with van der Waals surface area (Å²) in [5.41, 5.74) is -1.81. The highest BCUT2D eigenvalue weighted by atomic mass is 16.5. The first-order valence-corrected chi connectivity index (χ1v) is 3.91. The molecule has 12 heavy (non-hydrogen) atoms. The molecular formula is C8H17BO3. The highest BCUT2D eigenvalue weighted by Crippen LogP contribution is 2.25. The molecule has 0 rings (SSSR count). The Kier molecular flexibility index (Phi) is 3.51. The lowest BCUT2D eigenvalue weighted by molar-refractivity contribution is -0.0984. The minimum absolute atomic E-state index is 0.805. The molecule has 0 fully saturated rings. The Morgan fingerprint density at radius 2 is 1.75 bits per heavy atom. The topological polar surface area (TPSA) is 49.7 Å². The van der Waals surface area contributed by atoms with Crippen LogP contribution < -0.4 is 0 Å². The summed E-state index contributed by atoms with van der Waals surface area (Å²) >= 11 is 0. The Balaban J connectivity index is 4.32. The zero-order valence-corrected chi connectivity index (χ0v) is 8.16. The van der Waals surface area contributed by atoms with E-state index >= 15 is 0 Å². The third kappa shape index (κ3) is 2.97. The number of aliphatic hydroxyl groups is 1. The first-order chi connectivity index (χ1) is 5.20. The molecule has 0 spiro atoms. The monoisotopic (exact) mass is 172 g/mol. The lowest BCUT2D eigenvalue weighted by Gasteiger charge is -2.37. The lowest BCUT2D eigenvalue weighted by Crippen LogP contribution is -2.50. The molecule has 3 nitrogen and oxygen atoms in total. The average Bonchev–Trinajstić information content (AvgIpc) is 1.84. The van der Waals surface area contributed by atoms with E-state index < -0.39 is 18.3 Å². The fraction of sp³-hybridized carbons (Fsp3) is 0.750. The van der Waals surface area contributed by atoms with Crippen LogP contribution in [0.4, 0.5) is 0 Å². The van der Waals surface area contributed by atoms with Gasteiger partial charge in [-0.05, 0) is 27.7 Å². The Morgan fingerprint density at radius 1 is 1.33 bits per heavy atom. The van der Waals surface area contributed by atoms with Crippen molar-refractivity contribution in [1.29, 1.82) is 0 Å². The molecule has 0 saturated heterocycles. The van der Waals surface area contributed by atoms with Crippen molar-refractivity contribution in [2.24, 2.45) is 0 Å². The smallest absolute Gasteiger partial charge is 0.423 e. The second-order valence-corrected chi connectivity index (χ2v) is 3.81. The van der Waals surface area contributed by atoms with Gasteiger partial charge in [-0.3, -0.25) is 0 Å². The van der Waals surface area contributed by atoms with E-state index in [9.17, 15) is 5.11 Å². The molecule has 0 amide bonds. The van der Waals surface area contributed by atoms with Crippen molar-refractivity contribution in [3.05, 3.63) is 12.6 Å². The van der Waals surface area contributed by atoms with Gasteiger partial charge in [-0.1, -0.05) is 5.98 Å². The van der Waals surface area contributed by atoms with Gasteiger partial charge in [-0.25, -0.2) is 0 Å². The molecule has 0 aliphatic carbocycles. The Morgan fingerprint density at radius 3 is 2.00 bits per heavy atom. The predicted octanol–water partition coefficient (Wildman–Crippen LogP) is 0.758. The molecule has 0 unspecified atom stereocenters. The van der Waals surface area contributed by atoms with Crippen molar-refractivity contribution < 1.29 is 14.8 Å². The summed E-state index contributed by atoms with van der Waals surface area (Å²) < 4.78 is 5.14. The fourth-order valence-electron chi connectivity index (χ4n) is 0.494. The molecule has 70 valence electrons. The minimum atomic E-state index is -1.04. The maximum atomic E-state index is 9.62. The van der Waals surface area contributed by atoms with E-state index in [4.69, 9.17) is 9.68 Å². The first kappa shape index (κ1) is 11.7. The lowest BCUT2D eigenvalue weighted by atomic mass is 9.83. The predicted molar refractivity (Wildman–Crippen MR) is 49.6 cm³/mol. The summed E-state index contributed by atoms with van der Waals surface area (Å²) in [5, 5.41) is 18.7. The summed E-state index contributed by atoms with van der Waals surface area (Å²) in [5.74, 6) is 1.27. The summed E-state index contributed by atoms with van der Waals surface area (Å²) in [7, 11) is -1.04. The number of hydrogen-bond donors (Lipinski definition) is 2. The van der Waals surface area contributed by atoms with E-state index in [2.05, 4.69) is 6.58 Å². The van der Waals surface area contributed by atoms with Crippen molar-refractivity contribution in [2.45, 2.75) is 38.9 Å². The SMILES string of the molecule is C=CB(O)OC(C)(C)C(C)(C)O. The Labute approximate surface area is 74.2 Å². The average molecular weight is 172 g/mol. The van der Waals surface area contributed by atoms with Crippen LogP contribution in [0.5, 0.6) is 0 Å². The Bertz CT molecular complexity index is 160. The van der Waals surface area contributed by atoms with Crippen molar-refractivity contribution in [2.75, 3.05) is 0 Å². The van der Waals surface area contributed by atoms with Crippen molar-refractivity contribution in [3.8, 4) is 0 Å². The van der Waals surface area contributed by atoms with Crippen LogP contribution >= 0.6 is 0 Å². The second kappa shape index (κ2) is 3.60. The van der Waals surface area contributed by atoms with Gasteiger partial charge < -0.3 is 14.8 Å². The largest absolute Gasteiger partial charge is 0.483 e. The van der Waals surface area contributed by atoms with Crippen molar-refractivity contribution in [1.82, 2.24) is 0 Å². The molecule has 0 aromatic rings. The third-order valence-electron chi connectivity index (χ3n) is 2.09. The van der Waals surface area contributed by atoms with Gasteiger partial charge in [0.15, 0.2) is 0 Å². The van der Waals surface area contributed by atoms with Crippen LogP contribution in [0.2, 0.25) is 0 Å². The molecule has 0 aromatic heterocycles. The normalized spacial score (nSPS) is 12.8. The van der Waals surface area contributed by atoms with Gasteiger partial charge in [0, 0.05) is 0 Å². The molecule has 0 aromatic carbocycles. The van der Waals surface area contributed by atoms with Crippen LogP contribution in [0.25, 0.3) is 0 Å². The zero-order valence-electron chi connectivity index (χ0n) is 8.16. The van der Waals surface area contributed by atoms with Gasteiger partial charge >= 0.3 is 7.12 Å². The third-order valence-corrected chi connectivity index (χ3v) is 2.09. The first-order valence-electron chi connectivity index (χ1n) is 3.91. The molecule has 0 saturated carbocycles. The number of rotatable bonds is 4. The summed E-state index contributed by atoms with van der Waals surface area (Å²) in [6.45, 7) is 10.0. The van der Waals surface area contributed by atoms with Crippen LogP contribution in [0, 0.1) is 0 Å². The van der Waals surface area contributed by atoms with Crippen LogP contribution in [0.15, 0.2) is 12.6 Å². The molecular weight excluding hydrogens is 155 g/mol. The Hall–Kier alpha value is -0.315. The fourth-order valence-corrected chi connectivity index (χ4v) is 0.494. The maximum Gasteiger partial charge on any atom is 0.483 e. The second-order valence-electron chi connectivity index (χ2n) is 3.81. The van der Waals surface area contributed by atoms with Crippen molar-refractivity contribution in [3.63, 3.8) is 0 Å². The van der Waals surface area contributed by atoms with E-state index in [1.165, 1.54) is 5.98 Å². The van der Waals surface area contributed by atoms with Crippen LogP contribution in [-0.4, -0.2) is 28.5 Å². The van der Waals surface area contributed by atoms with Gasteiger partial charge in [-0.15, -0.1) is 6.58 Å². The highest BCUT2D eigenvalue weighted by Gasteiger charge is 2.38. The van der Waals surface area contributed by atoms with Gasteiger partial charge in [0.05, 0.1) is 11.2 Å². The van der Waals surface area contributed by atoms with E-state index in [0.717, 1.165) is 0 Å². The van der Waals surface area contributed by atoms with E-state index in [1.54, 1.807) is 27.7 Å². The summed E-state index contributed by atoms with van der Waals surface area (Å²) in [6, 6.07) is 0. The van der Waals surface area contributed by atoms with Gasteiger partial charge in [-0.2, -0.15) is 0 Å². The number of hydrogen-bond acceptors (Lipinski definition) is 3. The van der Waals surface area contributed by atoms with Crippen LogP contribution in [-0.2, 0) is 4.65 Å². The van der Waals surface area contributed by atoms with E-state index in [-0.39, 0.29) is 0 Å². The van der Waals surface area contributed by atoms with E-state index in [0.29, 0.717) is 0 Å². The zero-order chi connectivity index (χ0) is 9.99. The quantitative estimate of drug-likeness (QED) is 0.615. The van der Waals surface area contributed by atoms with Gasteiger partial charge in [0.1, 0.15) is 0 Å². The van der Waals surface area contributed by atoms with Gasteiger partial charge in [0.2, 0.25) is 0 Å². The van der Waals surface area contributed by atoms with E-state index in [1.807, 2.05) is 0 Å². The van der Waals surface area contributed by atoms with Crippen LogP contribution in [0.3, 0.4) is 0 Å². The summed E-state index contributed by atoms with van der Waals surface area (Å²) in [6.07, 6.45) is 0. The molecule has 0 radical (unpaired) electrons. The van der Waals surface area contributed by atoms with Crippen LogP contribution in [0.1, 0.15) is 27.7 Å². The molecule has 0 atom stereocenters. The molecule has 4 heteroatoms.